The highest BCUT2D eigenvalue weighted by Gasteiger charge is 2.38. The number of halogens is 3. The smallest absolute Gasteiger partial charge is 0.326 e. The number of esters is 1. The zero-order chi connectivity index (χ0) is 24.7. The first-order valence-corrected chi connectivity index (χ1v) is 12.5. The minimum Gasteiger partial charge on any atom is -0.469 e. The monoisotopic (exact) mass is 531 g/mol. The highest BCUT2D eigenvalue weighted by atomic mass is 35.5. The summed E-state index contributed by atoms with van der Waals surface area (Å²) in [6, 6.07) is 8.92. The first-order chi connectivity index (χ1) is 16.9. The first kappa shape index (κ1) is 24.2. The molecule has 1 saturated heterocycles. The van der Waals surface area contributed by atoms with Crippen LogP contribution in [0.3, 0.4) is 0 Å². The topological polar surface area (TPSA) is 70.7 Å². The number of allylic oxidation sites excluding steroid dienone is 4. The fraction of sp³-hybridized carbons (Fsp3) is 0.308. The van der Waals surface area contributed by atoms with E-state index in [1.165, 1.54) is 12.0 Å². The van der Waals surface area contributed by atoms with Crippen molar-refractivity contribution in [3.8, 4) is 0 Å². The molecule has 2 heterocycles. The maximum absolute atomic E-state index is 13.2. The summed E-state index contributed by atoms with van der Waals surface area (Å²) in [7, 11) is 1.40. The number of para-hydroxylation sites is 1. The van der Waals surface area contributed by atoms with Crippen molar-refractivity contribution < 1.29 is 14.3 Å². The van der Waals surface area contributed by atoms with E-state index in [0.29, 0.717) is 41.1 Å². The number of benzene rings is 2. The molecule has 2 N–H and O–H groups in total. The third-order valence-corrected chi connectivity index (χ3v) is 7.92. The van der Waals surface area contributed by atoms with Gasteiger partial charge in [-0.3, -0.25) is 9.69 Å². The van der Waals surface area contributed by atoms with E-state index in [4.69, 9.17) is 39.5 Å². The van der Waals surface area contributed by atoms with Gasteiger partial charge in [0.05, 0.1) is 34.4 Å². The van der Waals surface area contributed by atoms with Crippen LogP contribution in [0.2, 0.25) is 10.0 Å². The molecule has 9 heteroatoms. The van der Waals surface area contributed by atoms with Crippen LogP contribution >= 0.6 is 34.8 Å². The zero-order valence-electron chi connectivity index (χ0n) is 19.0. The van der Waals surface area contributed by atoms with Crippen molar-refractivity contribution in [1.82, 2.24) is 10.6 Å². The van der Waals surface area contributed by atoms with Crippen LogP contribution in [0, 0.1) is 5.92 Å². The number of fused-ring (bicyclic) bond motifs is 1. The van der Waals surface area contributed by atoms with E-state index in [1.807, 2.05) is 18.2 Å². The average molecular weight is 533 g/mol. The Morgan fingerprint density at radius 3 is 2.63 bits per heavy atom. The molecule has 0 radical (unpaired) electrons. The summed E-state index contributed by atoms with van der Waals surface area (Å²) in [4.78, 5) is 27.3. The number of rotatable bonds is 4. The predicted octanol–water partition coefficient (Wildman–Crippen LogP) is 6.00. The van der Waals surface area contributed by atoms with E-state index in [2.05, 4.69) is 22.8 Å². The molecular weight excluding hydrogens is 509 g/mol. The summed E-state index contributed by atoms with van der Waals surface area (Å²) in [5.41, 5.74) is 3.98. The summed E-state index contributed by atoms with van der Waals surface area (Å²) >= 11 is 19.8. The number of carbonyl (C=O) groups is 2. The van der Waals surface area contributed by atoms with E-state index in [1.54, 1.807) is 18.2 Å². The molecular formula is C26H24Cl3N3O3. The lowest BCUT2D eigenvalue weighted by molar-refractivity contribution is -0.145. The molecule has 2 aromatic rings. The first-order valence-electron chi connectivity index (χ1n) is 11.4. The van der Waals surface area contributed by atoms with Crippen molar-refractivity contribution in [2.75, 3.05) is 25.1 Å². The molecule has 2 aliphatic heterocycles. The van der Waals surface area contributed by atoms with E-state index >= 15 is 0 Å². The fourth-order valence-corrected chi connectivity index (χ4v) is 6.05. The molecule has 0 aromatic heterocycles. The number of nitrogens with one attached hydrogen (secondary N) is 2. The number of hydrogen-bond acceptors (Lipinski definition) is 4. The van der Waals surface area contributed by atoms with Crippen molar-refractivity contribution in [2.24, 2.45) is 5.92 Å². The van der Waals surface area contributed by atoms with Gasteiger partial charge in [-0.15, -0.1) is 0 Å². The fourth-order valence-electron chi connectivity index (χ4n) is 5.20. The van der Waals surface area contributed by atoms with Crippen molar-refractivity contribution >= 4 is 58.2 Å². The Balaban J connectivity index is 1.73. The number of carbonyl (C=O) groups excluding carboxylic acids is 2. The molecule has 1 fully saturated rings. The molecule has 35 heavy (non-hydrogen) atoms. The minimum absolute atomic E-state index is 0.0696. The molecule has 0 bridgehead atoms. The van der Waals surface area contributed by atoms with Gasteiger partial charge in [0.15, 0.2) is 0 Å². The van der Waals surface area contributed by atoms with E-state index in [-0.39, 0.29) is 29.8 Å². The van der Waals surface area contributed by atoms with Gasteiger partial charge in [0, 0.05) is 36.5 Å². The van der Waals surface area contributed by atoms with Crippen LogP contribution in [0.4, 0.5) is 16.2 Å². The van der Waals surface area contributed by atoms with Gasteiger partial charge < -0.3 is 15.4 Å². The Labute approximate surface area is 218 Å². The Kier molecular flexibility index (Phi) is 6.82. The Bertz CT molecular complexity index is 1240. The third kappa shape index (κ3) is 4.33. The van der Waals surface area contributed by atoms with Crippen molar-refractivity contribution in [1.29, 1.82) is 0 Å². The number of hydrogen-bond donors (Lipinski definition) is 2. The summed E-state index contributed by atoms with van der Waals surface area (Å²) < 4.78 is 5.07. The standard InChI is InChI=1S/C26H24Cl3N3O3/c1-35-25(33)19-12-30-11-17(19)14-9-16(15-5-2-3-6-20(15)27)18-13-31-26(34)32(23(18)10-14)24-21(28)7-4-8-22(24)29/h2-4,6-10,15,17,19,30H,5,11-13H2,1H3,(H,31,34)/t15?,17?,19-/m1/s1. The number of methoxy groups -OCH3 is 1. The normalized spacial score (nSPS) is 23.5. The molecule has 182 valence electrons. The van der Waals surface area contributed by atoms with E-state index in [0.717, 1.165) is 28.1 Å². The lowest BCUT2D eigenvalue weighted by atomic mass is 9.81. The highest BCUT2D eigenvalue weighted by Crippen LogP contribution is 2.47. The molecule has 2 amide bonds. The van der Waals surface area contributed by atoms with Gasteiger partial charge in [-0.25, -0.2) is 4.79 Å². The molecule has 0 spiro atoms. The van der Waals surface area contributed by atoms with Gasteiger partial charge in [0.1, 0.15) is 0 Å². The van der Waals surface area contributed by atoms with Crippen LogP contribution in [0.25, 0.3) is 0 Å². The second kappa shape index (κ2) is 9.86. The summed E-state index contributed by atoms with van der Waals surface area (Å²) in [6.45, 7) is 1.48. The summed E-state index contributed by atoms with van der Waals surface area (Å²) in [5, 5.41) is 7.72. The van der Waals surface area contributed by atoms with Gasteiger partial charge in [0.2, 0.25) is 0 Å². The van der Waals surface area contributed by atoms with E-state index in [9.17, 15) is 9.59 Å². The molecule has 0 saturated carbocycles. The maximum atomic E-state index is 13.2. The minimum atomic E-state index is -0.335. The molecule has 2 aromatic carbocycles. The second-order valence-electron chi connectivity index (χ2n) is 8.83. The van der Waals surface area contributed by atoms with Crippen molar-refractivity contribution in [3.63, 3.8) is 0 Å². The lowest BCUT2D eigenvalue weighted by Crippen LogP contribution is -2.42. The van der Waals surface area contributed by atoms with Gasteiger partial charge in [0.25, 0.3) is 0 Å². The van der Waals surface area contributed by atoms with Gasteiger partial charge in [-0.05, 0) is 47.4 Å². The van der Waals surface area contributed by atoms with E-state index < -0.39 is 0 Å². The van der Waals surface area contributed by atoms with Crippen molar-refractivity contribution in [2.45, 2.75) is 24.8 Å². The number of ether oxygens (including phenoxy) is 1. The Morgan fingerprint density at radius 2 is 1.91 bits per heavy atom. The van der Waals surface area contributed by atoms with Crippen LogP contribution < -0.4 is 15.5 Å². The van der Waals surface area contributed by atoms with Crippen molar-refractivity contribution in [3.05, 3.63) is 80.3 Å². The largest absolute Gasteiger partial charge is 0.469 e. The van der Waals surface area contributed by atoms with Crippen LogP contribution in [0.15, 0.2) is 53.6 Å². The summed E-state index contributed by atoms with van der Waals surface area (Å²) in [5.74, 6) is -0.790. The molecule has 2 unspecified atom stereocenters. The van der Waals surface area contributed by atoms with Crippen LogP contribution in [0.1, 0.15) is 34.9 Å². The average Bonchev–Trinajstić information content (AvgIpc) is 3.34. The maximum Gasteiger partial charge on any atom is 0.326 e. The molecule has 3 atom stereocenters. The number of anilines is 2. The number of nitrogens with zero attached hydrogens (tertiary/aromatic N) is 1. The van der Waals surface area contributed by atoms with Crippen LogP contribution in [-0.4, -0.2) is 32.2 Å². The molecule has 3 aliphatic rings. The Morgan fingerprint density at radius 1 is 1.14 bits per heavy atom. The second-order valence-corrected chi connectivity index (χ2v) is 10.1. The summed E-state index contributed by atoms with van der Waals surface area (Å²) in [6.07, 6.45) is 6.65. The van der Waals surface area contributed by atoms with Gasteiger partial charge >= 0.3 is 12.0 Å². The highest BCUT2D eigenvalue weighted by molar-refractivity contribution is 6.40. The zero-order valence-corrected chi connectivity index (χ0v) is 21.3. The van der Waals surface area contributed by atoms with Crippen LogP contribution in [0.5, 0.6) is 0 Å². The molecule has 1 aliphatic carbocycles. The quantitative estimate of drug-likeness (QED) is 0.474. The molecule has 6 nitrogen and oxygen atoms in total. The Hall–Kier alpha value is -2.51. The lowest BCUT2D eigenvalue weighted by Gasteiger charge is -2.35. The van der Waals surface area contributed by atoms with Crippen LogP contribution in [-0.2, 0) is 16.1 Å². The SMILES string of the molecule is COC(=O)[C@@H]1CNCC1c1cc(C2CC=CC=C2Cl)c2c(c1)N(c1c(Cl)cccc1Cl)C(=O)NC2. The number of urea groups is 1. The predicted molar refractivity (Wildman–Crippen MR) is 139 cm³/mol. The number of amides is 2. The molecule has 5 rings (SSSR count). The van der Waals surface area contributed by atoms with Gasteiger partial charge in [-0.2, -0.15) is 0 Å². The third-order valence-electron chi connectivity index (χ3n) is 6.92. The van der Waals surface area contributed by atoms with Gasteiger partial charge in [-0.1, -0.05) is 59.1 Å².